The fourth-order valence-corrected chi connectivity index (χ4v) is 8.34. The standard InChI is InChI=1S/C45H50N4O7Si/c1-44(2,3)57(6,7)56-39-38(50)37(55-43(39)49-27-26-36-40(46-29-47-41(36)49)48-42(51)30-14-10-8-11-15-30)28-54-45(31-16-12-9-13-17-31,32-18-22-34(52-4)23-19-32)33-20-24-35(53-5)25-21-33/h8-27,29,37-39,43,50H,28H2,1-7H3,(H,46,47,48,51)/t37-,38-,39-,43-/m1/s1. The molecule has 0 radical (unpaired) electrons. The molecule has 3 heterocycles. The van der Waals surface area contributed by atoms with Crippen LogP contribution < -0.4 is 14.8 Å². The van der Waals surface area contributed by atoms with Crippen molar-refractivity contribution in [3.63, 3.8) is 0 Å². The minimum atomic E-state index is -2.48. The van der Waals surface area contributed by atoms with Crippen molar-refractivity contribution >= 4 is 31.1 Å². The number of aromatic nitrogens is 3. The third-order valence-electron chi connectivity index (χ3n) is 11.2. The summed E-state index contributed by atoms with van der Waals surface area (Å²) in [4.78, 5) is 22.2. The minimum absolute atomic E-state index is 0.00541. The number of nitrogens with zero attached hydrogens (tertiary/aromatic N) is 3. The normalized spacial score (nSPS) is 18.7. The molecule has 1 aliphatic rings. The van der Waals surface area contributed by atoms with E-state index in [1.165, 1.54) is 6.33 Å². The van der Waals surface area contributed by atoms with Gasteiger partial charge in [0.05, 0.1) is 26.2 Å². The molecule has 6 aromatic rings. The molecule has 296 valence electrons. The molecule has 0 spiro atoms. The molecule has 0 unspecified atom stereocenters. The second kappa shape index (κ2) is 16.2. The Bertz CT molecular complexity index is 2230. The van der Waals surface area contributed by atoms with E-state index in [1.807, 2.05) is 114 Å². The van der Waals surface area contributed by atoms with Crippen LogP contribution in [0.5, 0.6) is 11.5 Å². The van der Waals surface area contributed by atoms with Gasteiger partial charge in [0.2, 0.25) is 0 Å². The van der Waals surface area contributed by atoms with Crippen molar-refractivity contribution in [1.82, 2.24) is 14.5 Å². The van der Waals surface area contributed by atoms with Crippen LogP contribution in [0.2, 0.25) is 18.1 Å². The van der Waals surface area contributed by atoms with Crippen LogP contribution in [0.4, 0.5) is 5.82 Å². The predicted octanol–water partition coefficient (Wildman–Crippen LogP) is 8.36. The fourth-order valence-electron chi connectivity index (χ4n) is 7.05. The lowest BCUT2D eigenvalue weighted by molar-refractivity contribution is -0.0939. The van der Waals surface area contributed by atoms with Crippen LogP contribution in [-0.2, 0) is 19.5 Å². The summed E-state index contributed by atoms with van der Waals surface area (Å²) in [7, 11) is 0.798. The number of hydrogen-bond acceptors (Lipinski definition) is 9. The maximum Gasteiger partial charge on any atom is 0.256 e. The van der Waals surface area contributed by atoms with Gasteiger partial charge in [-0.15, -0.1) is 0 Å². The summed E-state index contributed by atoms with van der Waals surface area (Å²) in [6, 6.07) is 36.4. The predicted molar refractivity (Wildman–Crippen MR) is 222 cm³/mol. The van der Waals surface area contributed by atoms with E-state index in [-0.39, 0.29) is 17.6 Å². The van der Waals surface area contributed by atoms with E-state index < -0.39 is 38.5 Å². The molecular weight excluding hydrogens is 737 g/mol. The van der Waals surface area contributed by atoms with E-state index in [1.54, 1.807) is 26.4 Å². The van der Waals surface area contributed by atoms with E-state index in [0.29, 0.717) is 33.9 Å². The summed E-state index contributed by atoms with van der Waals surface area (Å²) in [5.74, 6) is 1.50. The number of methoxy groups -OCH3 is 2. The average Bonchev–Trinajstić information content (AvgIpc) is 3.79. The first-order chi connectivity index (χ1) is 27.4. The molecule has 1 amide bonds. The molecule has 1 saturated heterocycles. The quantitative estimate of drug-likeness (QED) is 0.0878. The molecule has 0 bridgehead atoms. The molecule has 1 aliphatic heterocycles. The maximum absolute atomic E-state index is 13.2. The number of fused-ring (bicyclic) bond motifs is 1. The van der Waals surface area contributed by atoms with Crippen LogP contribution in [0.25, 0.3) is 11.0 Å². The SMILES string of the molecule is COc1ccc(C(OC[C@H]2O[C@@H](n3ccc4c(NC(=O)c5ccccc5)ncnc43)[C@H](O[Si](C)(C)C(C)(C)C)[C@@H]2O)(c2ccccc2)c2ccc(OC)cc2)cc1. The first kappa shape index (κ1) is 39.8. The fraction of sp³-hybridized carbons (Fsp3) is 0.311. The van der Waals surface area contributed by atoms with Gasteiger partial charge in [-0.2, -0.15) is 0 Å². The van der Waals surface area contributed by atoms with Crippen LogP contribution in [0, 0.1) is 0 Å². The largest absolute Gasteiger partial charge is 0.497 e. The highest BCUT2D eigenvalue weighted by Crippen LogP contribution is 2.45. The highest BCUT2D eigenvalue weighted by Gasteiger charge is 2.52. The molecule has 1 fully saturated rings. The second-order valence-corrected chi connectivity index (χ2v) is 20.5. The van der Waals surface area contributed by atoms with E-state index in [2.05, 4.69) is 49.1 Å². The number of carbonyl (C=O) groups excluding carboxylic acids is 1. The second-order valence-electron chi connectivity index (χ2n) is 15.7. The van der Waals surface area contributed by atoms with Crippen molar-refractivity contribution in [2.24, 2.45) is 0 Å². The molecule has 0 aliphatic carbocycles. The van der Waals surface area contributed by atoms with E-state index in [9.17, 15) is 9.90 Å². The van der Waals surface area contributed by atoms with Crippen molar-refractivity contribution in [2.75, 3.05) is 26.1 Å². The molecule has 4 aromatic carbocycles. The molecule has 4 atom stereocenters. The molecular formula is C45H50N4O7Si. The van der Waals surface area contributed by atoms with Gasteiger partial charge in [-0.05, 0) is 77.3 Å². The summed E-state index contributed by atoms with van der Waals surface area (Å²) in [5.41, 5.74) is 2.50. The number of nitrogens with one attached hydrogen (secondary N) is 1. The number of ether oxygens (including phenoxy) is 4. The van der Waals surface area contributed by atoms with Crippen LogP contribution in [0.1, 0.15) is 54.0 Å². The van der Waals surface area contributed by atoms with Crippen molar-refractivity contribution in [1.29, 1.82) is 0 Å². The van der Waals surface area contributed by atoms with Gasteiger partial charge in [-0.25, -0.2) is 9.97 Å². The van der Waals surface area contributed by atoms with Crippen molar-refractivity contribution in [3.8, 4) is 11.5 Å². The lowest BCUT2D eigenvalue weighted by Crippen LogP contribution is -2.49. The van der Waals surface area contributed by atoms with E-state index in [0.717, 1.165) is 16.7 Å². The zero-order valence-electron chi connectivity index (χ0n) is 33.4. The summed E-state index contributed by atoms with van der Waals surface area (Å²) in [6.45, 7) is 10.8. The number of rotatable bonds is 13. The number of benzene rings is 4. The lowest BCUT2D eigenvalue weighted by atomic mass is 9.80. The monoisotopic (exact) mass is 786 g/mol. The molecule has 7 rings (SSSR count). The Labute approximate surface area is 334 Å². The Morgan fingerprint density at radius 3 is 1.93 bits per heavy atom. The van der Waals surface area contributed by atoms with Gasteiger partial charge in [0.15, 0.2) is 14.5 Å². The van der Waals surface area contributed by atoms with Gasteiger partial charge in [0.1, 0.15) is 53.2 Å². The molecule has 2 aromatic heterocycles. The highest BCUT2D eigenvalue weighted by molar-refractivity contribution is 6.74. The Morgan fingerprint density at radius 2 is 1.37 bits per heavy atom. The van der Waals surface area contributed by atoms with Gasteiger partial charge < -0.3 is 38.4 Å². The highest BCUT2D eigenvalue weighted by atomic mass is 28.4. The zero-order valence-corrected chi connectivity index (χ0v) is 34.4. The summed E-state index contributed by atoms with van der Waals surface area (Å²) < 4.78 is 34.0. The molecule has 2 N–H and O–H groups in total. The van der Waals surface area contributed by atoms with Gasteiger partial charge in [-0.3, -0.25) is 4.79 Å². The van der Waals surface area contributed by atoms with Crippen LogP contribution in [0.3, 0.4) is 0 Å². The van der Waals surface area contributed by atoms with Gasteiger partial charge in [0, 0.05) is 11.8 Å². The number of aliphatic hydroxyl groups excluding tert-OH is 1. The lowest BCUT2D eigenvalue weighted by Gasteiger charge is -2.40. The van der Waals surface area contributed by atoms with Crippen LogP contribution in [0.15, 0.2) is 128 Å². The Balaban J connectivity index is 1.28. The smallest absolute Gasteiger partial charge is 0.256 e. The summed E-state index contributed by atoms with van der Waals surface area (Å²) >= 11 is 0. The van der Waals surface area contributed by atoms with E-state index in [4.69, 9.17) is 23.4 Å². The maximum atomic E-state index is 13.2. The van der Waals surface area contributed by atoms with Crippen LogP contribution >= 0.6 is 0 Å². The number of amides is 1. The number of carbonyl (C=O) groups is 1. The number of aliphatic hydroxyl groups is 1. The van der Waals surface area contributed by atoms with Crippen molar-refractivity contribution < 1.29 is 33.3 Å². The van der Waals surface area contributed by atoms with Crippen molar-refractivity contribution in [3.05, 3.63) is 150 Å². The minimum Gasteiger partial charge on any atom is -0.497 e. The zero-order chi connectivity index (χ0) is 40.4. The summed E-state index contributed by atoms with van der Waals surface area (Å²) in [5, 5.41) is 15.7. The number of hydrogen-bond donors (Lipinski definition) is 2. The molecule has 0 saturated carbocycles. The van der Waals surface area contributed by atoms with E-state index >= 15 is 0 Å². The Hall–Kier alpha value is -5.37. The van der Waals surface area contributed by atoms with Gasteiger partial charge >= 0.3 is 0 Å². The van der Waals surface area contributed by atoms with Crippen LogP contribution in [-0.4, -0.2) is 73.0 Å². The first-order valence-corrected chi connectivity index (χ1v) is 21.9. The van der Waals surface area contributed by atoms with Gasteiger partial charge in [-0.1, -0.05) is 93.6 Å². The van der Waals surface area contributed by atoms with Crippen molar-refractivity contribution in [2.45, 2.75) is 69.0 Å². The Morgan fingerprint density at radius 1 is 0.807 bits per heavy atom. The third kappa shape index (κ3) is 7.83. The van der Waals surface area contributed by atoms with Gasteiger partial charge in [0.25, 0.3) is 5.91 Å². The number of anilines is 1. The molecule has 12 heteroatoms. The molecule has 57 heavy (non-hydrogen) atoms. The molecule has 11 nitrogen and oxygen atoms in total. The average molecular weight is 787 g/mol. The topological polar surface area (TPSA) is 126 Å². The first-order valence-electron chi connectivity index (χ1n) is 19.0. The Kier molecular flexibility index (Phi) is 11.4. The third-order valence-corrected chi connectivity index (χ3v) is 15.7. The summed E-state index contributed by atoms with van der Waals surface area (Å²) in [6.07, 6.45) is -0.223.